The van der Waals surface area contributed by atoms with Crippen molar-refractivity contribution in [2.24, 2.45) is 0 Å². The molecular formula is C9H9F3N2O3. The topological polar surface area (TPSA) is 64.4 Å². The Morgan fingerprint density at radius 2 is 2.00 bits per heavy atom. The molecule has 0 aromatic heterocycles. The molecule has 0 atom stereocenters. The van der Waals surface area contributed by atoms with E-state index in [9.17, 15) is 23.3 Å². The number of halogens is 3. The van der Waals surface area contributed by atoms with Gasteiger partial charge < -0.3 is 5.32 Å². The van der Waals surface area contributed by atoms with Crippen molar-refractivity contribution < 1.29 is 22.8 Å². The lowest BCUT2D eigenvalue weighted by Crippen LogP contribution is -2.19. The van der Waals surface area contributed by atoms with Gasteiger partial charge in [0, 0.05) is 12.6 Å². The molecule has 0 fully saturated rings. The van der Waals surface area contributed by atoms with Gasteiger partial charge in [0.05, 0.1) is 11.5 Å². The van der Waals surface area contributed by atoms with Gasteiger partial charge in [-0.25, -0.2) is 0 Å². The minimum atomic E-state index is -4.69. The van der Waals surface area contributed by atoms with Gasteiger partial charge in [0.15, 0.2) is 0 Å². The molecule has 0 aliphatic carbocycles. The number of alkyl halides is 3. The van der Waals surface area contributed by atoms with E-state index < -0.39 is 17.9 Å². The molecule has 0 aliphatic rings. The minimum absolute atomic E-state index is 0.156. The highest BCUT2D eigenvalue weighted by atomic mass is 19.4. The Balaban J connectivity index is 2.49. The Kier molecular flexibility index (Phi) is 4.27. The summed E-state index contributed by atoms with van der Waals surface area (Å²) in [6.45, 7) is -0.792. The Morgan fingerprint density at radius 1 is 1.35 bits per heavy atom. The third-order valence-electron chi connectivity index (χ3n) is 1.78. The summed E-state index contributed by atoms with van der Waals surface area (Å²) in [5, 5.41) is 13.1. The first kappa shape index (κ1) is 13.2. The van der Waals surface area contributed by atoms with Crippen LogP contribution in [0.2, 0.25) is 0 Å². The van der Waals surface area contributed by atoms with Gasteiger partial charge in [-0.2, -0.15) is 0 Å². The van der Waals surface area contributed by atoms with Gasteiger partial charge in [-0.3, -0.25) is 14.9 Å². The van der Waals surface area contributed by atoms with Gasteiger partial charge in [-0.15, -0.1) is 13.2 Å². The van der Waals surface area contributed by atoms with Crippen LogP contribution in [-0.2, 0) is 4.74 Å². The molecule has 17 heavy (non-hydrogen) atoms. The van der Waals surface area contributed by atoms with E-state index in [1.54, 1.807) is 6.07 Å². The zero-order chi connectivity index (χ0) is 12.9. The molecule has 0 aliphatic heterocycles. The first-order valence-electron chi connectivity index (χ1n) is 4.58. The third kappa shape index (κ3) is 4.68. The van der Waals surface area contributed by atoms with Crippen LogP contribution in [0.3, 0.4) is 0 Å². The van der Waals surface area contributed by atoms with Crippen molar-refractivity contribution in [3.05, 3.63) is 34.4 Å². The molecule has 1 aromatic carbocycles. The highest BCUT2D eigenvalue weighted by molar-refractivity contribution is 5.60. The van der Waals surface area contributed by atoms with Crippen LogP contribution in [0.5, 0.6) is 0 Å². The lowest BCUT2D eigenvalue weighted by molar-refractivity contribution is -0.384. The van der Waals surface area contributed by atoms with E-state index in [1.807, 2.05) is 0 Å². The maximum absolute atomic E-state index is 11.6. The van der Waals surface area contributed by atoms with E-state index in [0.717, 1.165) is 0 Å². The highest BCUT2D eigenvalue weighted by Gasteiger charge is 2.28. The molecule has 1 rings (SSSR count). The van der Waals surface area contributed by atoms with E-state index >= 15 is 0 Å². The summed E-state index contributed by atoms with van der Waals surface area (Å²) >= 11 is 0. The molecule has 0 saturated heterocycles. The van der Waals surface area contributed by atoms with E-state index in [-0.39, 0.29) is 17.9 Å². The Hall–Kier alpha value is -1.83. The largest absolute Gasteiger partial charge is 0.522 e. The third-order valence-corrected chi connectivity index (χ3v) is 1.78. The van der Waals surface area contributed by atoms with E-state index in [0.29, 0.717) is 0 Å². The molecule has 0 saturated carbocycles. The summed E-state index contributed by atoms with van der Waals surface area (Å²) in [5.41, 5.74) is -0.0391. The monoisotopic (exact) mass is 250 g/mol. The van der Waals surface area contributed by atoms with Crippen molar-refractivity contribution in [1.29, 1.82) is 0 Å². The summed E-state index contributed by atoms with van der Waals surface area (Å²) in [4.78, 5) is 9.95. The standard InChI is InChI=1S/C9H9F3N2O3/c10-9(11,12)17-6-5-13-7-3-1-2-4-8(7)14(15)16/h1-4,13H,5-6H2. The van der Waals surface area contributed by atoms with Crippen LogP contribution in [0, 0.1) is 10.1 Å². The van der Waals surface area contributed by atoms with Crippen molar-refractivity contribution in [3.63, 3.8) is 0 Å². The second kappa shape index (κ2) is 5.48. The molecule has 0 amide bonds. The number of nitrogens with zero attached hydrogens (tertiary/aromatic N) is 1. The zero-order valence-corrected chi connectivity index (χ0v) is 8.53. The Bertz CT molecular complexity index is 395. The van der Waals surface area contributed by atoms with Crippen LogP contribution in [-0.4, -0.2) is 24.4 Å². The molecule has 94 valence electrons. The predicted molar refractivity (Wildman–Crippen MR) is 53.6 cm³/mol. The van der Waals surface area contributed by atoms with Crippen LogP contribution in [0.1, 0.15) is 0 Å². The summed E-state index contributed by atoms with van der Waals surface area (Å²) in [6, 6.07) is 5.67. The van der Waals surface area contributed by atoms with Gasteiger partial charge in [0.25, 0.3) is 5.69 Å². The van der Waals surface area contributed by atoms with Gasteiger partial charge in [0.2, 0.25) is 0 Å². The number of rotatable bonds is 5. The summed E-state index contributed by atoms with van der Waals surface area (Å²) < 4.78 is 38.4. The molecule has 0 spiro atoms. The number of ether oxygens (including phenoxy) is 1. The highest BCUT2D eigenvalue weighted by Crippen LogP contribution is 2.23. The van der Waals surface area contributed by atoms with Crippen molar-refractivity contribution in [2.75, 3.05) is 18.5 Å². The number of nitrogens with one attached hydrogen (secondary N) is 1. The first-order chi connectivity index (χ1) is 7.90. The molecule has 0 heterocycles. The summed E-state index contributed by atoms with van der Waals surface area (Å²) in [6.07, 6.45) is -4.69. The predicted octanol–water partition coefficient (Wildman–Crippen LogP) is 2.54. The lowest BCUT2D eigenvalue weighted by Gasteiger charge is -2.09. The lowest BCUT2D eigenvalue weighted by atomic mass is 10.2. The minimum Gasteiger partial charge on any atom is -0.377 e. The number of para-hydroxylation sites is 2. The van der Waals surface area contributed by atoms with Crippen LogP contribution < -0.4 is 5.32 Å². The molecule has 0 unspecified atom stereocenters. The summed E-state index contributed by atoms with van der Waals surface area (Å²) in [5.74, 6) is 0. The SMILES string of the molecule is O=[N+]([O-])c1ccccc1NCCOC(F)(F)F. The van der Waals surface area contributed by atoms with Gasteiger partial charge in [0.1, 0.15) is 5.69 Å². The van der Waals surface area contributed by atoms with Crippen molar-refractivity contribution in [1.82, 2.24) is 0 Å². The maximum Gasteiger partial charge on any atom is 0.522 e. The fourth-order valence-corrected chi connectivity index (χ4v) is 1.13. The summed E-state index contributed by atoms with van der Waals surface area (Å²) in [7, 11) is 0. The number of anilines is 1. The molecular weight excluding hydrogens is 241 g/mol. The van der Waals surface area contributed by atoms with Crippen LogP contribution in [0.15, 0.2) is 24.3 Å². The van der Waals surface area contributed by atoms with Crippen molar-refractivity contribution >= 4 is 11.4 Å². The first-order valence-corrected chi connectivity index (χ1v) is 4.58. The molecule has 5 nitrogen and oxygen atoms in total. The molecule has 0 bridgehead atoms. The number of benzene rings is 1. The van der Waals surface area contributed by atoms with Crippen LogP contribution >= 0.6 is 0 Å². The number of nitro benzene ring substituents is 1. The number of nitro groups is 1. The zero-order valence-electron chi connectivity index (χ0n) is 8.53. The van der Waals surface area contributed by atoms with Gasteiger partial charge >= 0.3 is 6.36 Å². The van der Waals surface area contributed by atoms with E-state index in [4.69, 9.17) is 0 Å². The Labute approximate surface area is 94.3 Å². The fourth-order valence-electron chi connectivity index (χ4n) is 1.13. The molecule has 8 heteroatoms. The van der Waals surface area contributed by atoms with Gasteiger partial charge in [-0.05, 0) is 6.07 Å². The molecule has 1 aromatic rings. The molecule has 0 radical (unpaired) electrons. The quantitative estimate of drug-likeness (QED) is 0.495. The average Bonchev–Trinajstić information content (AvgIpc) is 2.23. The Morgan fingerprint density at radius 3 is 2.59 bits per heavy atom. The number of hydrogen-bond donors (Lipinski definition) is 1. The second-order valence-electron chi connectivity index (χ2n) is 3.00. The van der Waals surface area contributed by atoms with Crippen LogP contribution in [0.25, 0.3) is 0 Å². The van der Waals surface area contributed by atoms with Crippen LogP contribution in [0.4, 0.5) is 24.5 Å². The van der Waals surface area contributed by atoms with E-state index in [1.165, 1.54) is 18.2 Å². The smallest absolute Gasteiger partial charge is 0.377 e. The van der Waals surface area contributed by atoms with Gasteiger partial charge in [-0.1, -0.05) is 12.1 Å². The maximum atomic E-state index is 11.6. The average molecular weight is 250 g/mol. The van der Waals surface area contributed by atoms with Crippen molar-refractivity contribution in [3.8, 4) is 0 Å². The fraction of sp³-hybridized carbons (Fsp3) is 0.333. The second-order valence-corrected chi connectivity index (χ2v) is 3.00. The van der Waals surface area contributed by atoms with Crippen molar-refractivity contribution in [2.45, 2.75) is 6.36 Å². The normalized spacial score (nSPS) is 11.2. The number of hydrogen-bond acceptors (Lipinski definition) is 4. The molecule has 1 N–H and O–H groups in total. The van der Waals surface area contributed by atoms with E-state index in [2.05, 4.69) is 10.1 Å².